The van der Waals surface area contributed by atoms with Crippen molar-refractivity contribution < 1.29 is 14.3 Å². The molecule has 1 aromatic heterocycles. The number of hydrogen-bond acceptors (Lipinski definition) is 6. The lowest BCUT2D eigenvalue weighted by molar-refractivity contribution is -0.113. The average Bonchev–Trinajstić information content (AvgIpc) is 3.14. The molecule has 168 valence electrons. The van der Waals surface area contributed by atoms with Crippen LogP contribution in [0.4, 0.5) is 5.69 Å². The Kier molecular flexibility index (Phi) is 7.88. The summed E-state index contributed by atoms with van der Waals surface area (Å²) >= 11 is 1.28. The van der Waals surface area contributed by atoms with Crippen molar-refractivity contribution in [1.82, 2.24) is 20.1 Å². The van der Waals surface area contributed by atoms with Gasteiger partial charge in [-0.3, -0.25) is 9.59 Å². The average molecular weight is 454 g/mol. The normalized spacial score (nSPS) is 11.6. The highest BCUT2D eigenvalue weighted by molar-refractivity contribution is 7.99. The lowest BCUT2D eigenvalue weighted by Crippen LogP contribution is -2.28. The van der Waals surface area contributed by atoms with Crippen LogP contribution in [0, 0.1) is 6.92 Å². The van der Waals surface area contributed by atoms with Crippen LogP contribution in [0.1, 0.15) is 41.6 Å². The van der Waals surface area contributed by atoms with Gasteiger partial charge in [-0.2, -0.15) is 0 Å². The van der Waals surface area contributed by atoms with Crippen molar-refractivity contribution in [3.8, 4) is 5.75 Å². The summed E-state index contributed by atoms with van der Waals surface area (Å²) in [4.78, 5) is 24.8. The van der Waals surface area contributed by atoms with E-state index in [1.54, 1.807) is 28.8 Å². The summed E-state index contributed by atoms with van der Waals surface area (Å²) in [6, 6.07) is 14.3. The van der Waals surface area contributed by atoms with Gasteiger partial charge in [0, 0.05) is 18.3 Å². The van der Waals surface area contributed by atoms with E-state index in [4.69, 9.17) is 4.74 Å². The molecule has 32 heavy (non-hydrogen) atoms. The third-order valence-corrected chi connectivity index (χ3v) is 5.72. The van der Waals surface area contributed by atoms with Gasteiger partial charge in [0.1, 0.15) is 5.75 Å². The maximum atomic E-state index is 12.5. The first-order chi connectivity index (χ1) is 15.4. The smallest absolute Gasteiger partial charge is 0.251 e. The molecule has 1 atom stereocenters. The van der Waals surface area contributed by atoms with Crippen molar-refractivity contribution >= 4 is 29.3 Å². The molecule has 9 heteroatoms. The number of ether oxygens (including phenoxy) is 1. The van der Waals surface area contributed by atoms with Crippen molar-refractivity contribution in [2.75, 3.05) is 17.7 Å². The molecule has 0 radical (unpaired) electrons. The molecule has 0 saturated heterocycles. The maximum Gasteiger partial charge on any atom is 0.251 e. The van der Waals surface area contributed by atoms with Crippen molar-refractivity contribution in [2.45, 2.75) is 32.0 Å². The fourth-order valence-corrected chi connectivity index (χ4v) is 3.72. The van der Waals surface area contributed by atoms with Crippen molar-refractivity contribution in [1.29, 1.82) is 0 Å². The van der Waals surface area contributed by atoms with Gasteiger partial charge in [-0.1, -0.05) is 29.5 Å². The number of benzene rings is 2. The molecule has 0 aliphatic rings. The molecule has 0 saturated carbocycles. The summed E-state index contributed by atoms with van der Waals surface area (Å²) in [6.45, 7) is 6.34. The first-order valence-corrected chi connectivity index (χ1v) is 11.3. The Morgan fingerprint density at radius 1 is 1.09 bits per heavy atom. The second-order valence-corrected chi connectivity index (χ2v) is 8.20. The Bertz CT molecular complexity index is 1060. The van der Waals surface area contributed by atoms with E-state index < -0.39 is 0 Å². The summed E-state index contributed by atoms with van der Waals surface area (Å²) in [5.41, 5.74) is 2.38. The van der Waals surface area contributed by atoms with Gasteiger partial charge in [-0.25, -0.2) is 0 Å². The minimum Gasteiger partial charge on any atom is -0.494 e. The monoisotopic (exact) mass is 453 g/mol. The quantitative estimate of drug-likeness (QED) is 0.479. The van der Waals surface area contributed by atoms with Crippen LogP contribution < -0.4 is 15.4 Å². The Labute approximate surface area is 191 Å². The van der Waals surface area contributed by atoms with Crippen molar-refractivity contribution in [3.63, 3.8) is 0 Å². The summed E-state index contributed by atoms with van der Waals surface area (Å²) in [7, 11) is 1.82. The second kappa shape index (κ2) is 10.8. The van der Waals surface area contributed by atoms with E-state index in [1.807, 2.05) is 52.1 Å². The SMILES string of the molecule is CCOc1ccc(NC(=O)CSc2nnc([C@@H](C)NC(=O)c3ccc(C)cc3)n2C)cc1. The van der Waals surface area contributed by atoms with E-state index in [-0.39, 0.29) is 23.6 Å². The van der Waals surface area contributed by atoms with E-state index in [1.165, 1.54) is 11.8 Å². The van der Waals surface area contributed by atoms with E-state index in [0.29, 0.717) is 28.8 Å². The van der Waals surface area contributed by atoms with Gasteiger partial charge in [0.2, 0.25) is 5.91 Å². The fraction of sp³-hybridized carbons (Fsp3) is 0.304. The largest absolute Gasteiger partial charge is 0.494 e. The van der Waals surface area contributed by atoms with Gasteiger partial charge in [0.15, 0.2) is 11.0 Å². The molecule has 2 aromatic carbocycles. The molecule has 1 heterocycles. The number of rotatable bonds is 9. The summed E-state index contributed by atoms with van der Waals surface area (Å²) < 4.78 is 7.19. The first kappa shape index (κ1) is 23.3. The van der Waals surface area contributed by atoms with Crippen LogP contribution in [0.5, 0.6) is 5.75 Å². The van der Waals surface area contributed by atoms with Gasteiger partial charge >= 0.3 is 0 Å². The number of aryl methyl sites for hydroxylation is 1. The minimum atomic E-state index is -0.340. The number of carbonyl (C=O) groups excluding carboxylic acids is 2. The Morgan fingerprint density at radius 3 is 2.44 bits per heavy atom. The minimum absolute atomic E-state index is 0.149. The third kappa shape index (κ3) is 6.10. The van der Waals surface area contributed by atoms with E-state index in [0.717, 1.165) is 11.3 Å². The number of carbonyl (C=O) groups is 2. The molecule has 3 aromatic rings. The third-order valence-electron chi connectivity index (χ3n) is 4.70. The van der Waals surface area contributed by atoms with Crippen LogP contribution in [-0.2, 0) is 11.8 Å². The highest BCUT2D eigenvalue weighted by atomic mass is 32.2. The Balaban J connectivity index is 1.54. The number of aromatic nitrogens is 3. The van der Waals surface area contributed by atoms with Crippen LogP contribution >= 0.6 is 11.8 Å². The highest BCUT2D eigenvalue weighted by Gasteiger charge is 2.19. The molecule has 0 fully saturated rings. The molecule has 0 aliphatic heterocycles. The van der Waals surface area contributed by atoms with Gasteiger partial charge in [-0.05, 0) is 57.2 Å². The molecule has 2 amide bonds. The van der Waals surface area contributed by atoms with Gasteiger partial charge in [0.25, 0.3) is 5.91 Å². The molecular weight excluding hydrogens is 426 g/mol. The van der Waals surface area contributed by atoms with E-state index in [9.17, 15) is 9.59 Å². The van der Waals surface area contributed by atoms with E-state index >= 15 is 0 Å². The molecule has 8 nitrogen and oxygen atoms in total. The Morgan fingerprint density at radius 2 is 1.78 bits per heavy atom. The summed E-state index contributed by atoms with van der Waals surface area (Å²) in [5.74, 6) is 1.23. The number of anilines is 1. The van der Waals surface area contributed by atoms with Crippen LogP contribution in [0.25, 0.3) is 0 Å². The van der Waals surface area contributed by atoms with E-state index in [2.05, 4.69) is 20.8 Å². The highest BCUT2D eigenvalue weighted by Crippen LogP contribution is 2.20. The fourth-order valence-electron chi connectivity index (χ4n) is 3.01. The molecular formula is C23H27N5O3S. The number of thioether (sulfide) groups is 1. The van der Waals surface area contributed by atoms with Crippen LogP contribution in [0.15, 0.2) is 53.7 Å². The molecule has 2 N–H and O–H groups in total. The van der Waals surface area contributed by atoms with Crippen molar-refractivity contribution in [2.24, 2.45) is 7.05 Å². The molecule has 0 unspecified atom stereocenters. The molecule has 0 spiro atoms. The first-order valence-electron chi connectivity index (χ1n) is 10.3. The van der Waals surface area contributed by atoms with Crippen LogP contribution in [-0.4, -0.2) is 38.9 Å². The number of nitrogens with one attached hydrogen (secondary N) is 2. The zero-order valence-corrected chi connectivity index (χ0v) is 19.4. The predicted octanol–water partition coefficient (Wildman–Crippen LogP) is 3.74. The molecule has 0 aliphatic carbocycles. The zero-order valence-electron chi connectivity index (χ0n) is 18.6. The standard InChI is InChI=1S/C23H27N5O3S/c1-5-31-19-12-10-18(11-13-19)25-20(29)14-32-23-27-26-21(28(23)4)16(3)24-22(30)17-8-6-15(2)7-9-17/h6-13,16H,5,14H2,1-4H3,(H,24,30)(H,25,29)/t16-/m1/s1. The van der Waals surface area contributed by atoms with Crippen LogP contribution in [0.3, 0.4) is 0 Å². The van der Waals surface area contributed by atoms with Gasteiger partial charge in [-0.15, -0.1) is 10.2 Å². The molecule has 3 rings (SSSR count). The number of hydrogen-bond donors (Lipinski definition) is 2. The zero-order chi connectivity index (χ0) is 23.1. The van der Waals surface area contributed by atoms with Gasteiger partial charge in [0.05, 0.1) is 18.4 Å². The lowest BCUT2D eigenvalue weighted by Gasteiger charge is -2.13. The predicted molar refractivity (Wildman–Crippen MR) is 125 cm³/mol. The number of nitrogens with zero attached hydrogens (tertiary/aromatic N) is 3. The maximum absolute atomic E-state index is 12.5. The summed E-state index contributed by atoms with van der Waals surface area (Å²) in [5, 5.41) is 14.7. The molecule has 0 bridgehead atoms. The van der Waals surface area contributed by atoms with Crippen LogP contribution in [0.2, 0.25) is 0 Å². The lowest BCUT2D eigenvalue weighted by atomic mass is 10.1. The second-order valence-electron chi connectivity index (χ2n) is 7.26. The topological polar surface area (TPSA) is 98.1 Å². The number of amides is 2. The Hall–Kier alpha value is -3.33. The summed E-state index contributed by atoms with van der Waals surface area (Å²) in [6.07, 6.45) is 0. The van der Waals surface area contributed by atoms with Crippen molar-refractivity contribution in [3.05, 3.63) is 65.5 Å². The van der Waals surface area contributed by atoms with Gasteiger partial charge < -0.3 is 19.9 Å².